The van der Waals surface area contributed by atoms with Crippen molar-refractivity contribution in [2.75, 3.05) is 54.4 Å². The summed E-state index contributed by atoms with van der Waals surface area (Å²) < 4.78 is 36.4. The molecule has 0 aromatic heterocycles. The van der Waals surface area contributed by atoms with Crippen LogP contribution in [0.25, 0.3) is 0 Å². The fourth-order valence-electron chi connectivity index (χ4n) is 0.447. The zero-order valence-electron chi connectivity index (χ0n) is 13.8. The second-order valence-electron chi connectivity index (χ2n) is 5.54. The zero-order valence-corrected chi connectivity index (χ0v) is 14.6. The van der Waals surface area contributed by atoms with Gasteiger partial charge in [0.05, 0.1) is 54.4 Å². The maximum atomic E-state index is 8.52. The molecule has 0 saturated heterocycles. The second-order valence-corrected chi connectivity index (χ2v) is 6.36. The predicted molar refractivity (Wildman–Crippen MR) is 76.9 cm³/mol. The Morgan fingerprint density at radius 1 is 0.684 bits per heavy atom. The molecule has 7 heteroatoms. The number of nitrogens with zero attached hydrogens (tertiary/aromatic N) is 2. The van der Waals surface area contributed by atoms with E-state index in [1.54, 1.807) is 0 Å². The SMILES string of the molecule is CC[N+](C)(C)CC.CC[N+](C)(C)CC.O=S(=O)([O-])[O-]. The first-order chi connectivity index (χ1) is 8.24. The van der Waals surface area contributed by atoms with Gasteiger partial charge in [-0.2, -0.15) is 0 Å². The van der Waals surface area contributed by atoms with Gasteiger partial charge in [-0.05, 0) is 27.7 Å². The summed E-state index contributed by atoms with van der Waals surface area (Å²) >= 11 is 0. The van der Waals surface area contributed by atoms with Gasteiger partial charge in [0.25, 0.3) is 0 Å². The molecule has 0 amide bonds. The topological polar surface area (TPSA) is 80.3 Å². The molecule has 0 aliphatic heterocycles. The Balaban J connectivity index is -0.000000206. The molecular formula is C12H32N2O4S. The maximum absolute atomic E-state index is 8.52. The summed E-state index contributed by atoms with van der Waals surface area (Å²) in [5.41, 5.74) is 0. The quantitative estimate of drug-likeness (QED) is 0.438. The number of hydrogen-bond donors (Lipinski definition) is 0. The van der Waals surface area contributed by atoms with E-state index in [0.717, 1.165) is 8.97 Å². The summed E-state index contributed by atoms with van der Waals surface area (Å²) in [4.78, 5) is 0. The highest BCUT2D eigenvalue weighted by molar-refractivity contribution is 7.79. The molecule has 6 nitrogen and oxygen atoms in total. The molecule has 0 N–H and O–H groups in total. The lowest BCUT2D eigenvalue weighted by Gasteiger charge is -2.25. The van der Waals surface area contributed by atoms with Gasteiger partial charge >= 0.3 is 0 Å². The zero-order chi connectivity index (χ0) is 16.3. The lowest BCUT2D eigenvalue weighted by Crippen LogP contribution is -2.38. The first kappa shape index (κ1) is 23.9. The van der Waals surface area contributed by atoms with Crippen molar-refractivity contribution in [3.63, 3.8) is 0 Å². The summed E-state index contributed by atoms with van der Waals surface area (Å²) in [6, 6.07) is 0. The minimum atomic E-state index is -5.17. The fraction of sp³-hybridized carbons (Fsp3) is 1.00. The average molecular weight is 300 g/mol. The standard InChI is InChI=1S/2C6H16N.H2O4S/c2*1-5-7(3,4)6-2;1-5(2,3)4/h2*5-6H2,1-4H3;(H2,1,2,3,4)/q2*+1;/p-2. The molecule has 0 bridgehead atoms. The Labute approximate surface area is 119 Å². The van der Waals surface area contributed by atoms with Crippen molar-refractivity contribution in [2.24, 2.45) is 0 Å². The van der Waals surface area contributed by atoms with Crippen LogP contribution < -0.4 is 0 Å². The molecule has 0 spiro atoms. The highest BCUT2D eigenvalue weighted by atomic mass is 32.3. The maximum Gasteiger partial charge on any atom is 0.0753 e. The molecule has 0 aliphatic carbocycles. The smallest absolute Gasteiger partial charge is 0.0753 e. The Kier molecular flexibility index (Phi) is 13.3. The van der Waals surface area contributed by atoms with Crippen molar-refractivity contribution in [1.29, 1.82) is 0 Å². The minimum absolute atomic E-state index is 1.14. The van der Waals surface area contributed by atoms with Crippen LogP contribution in [0.4, 0.5) is 0 Å². The Morgan fingerprint density at radius 2 is 0.789 bits per heavy atom. The van der Waals surface area contributed by atoms with Crippen molar-refractivity contribution >= 4 is 10.4 Å². The largest absolute Gasteiger partial charge is 0.759 e. The average Bonchev–Trinajstić information content (AvgIpc) is 2.28. The number of hydrogen-bond acceptors (Lipinski definition) is 4. The van der Waals surface area contributed by atoms with Crippen molar-refractivity contribution in [2.45, 2.75) is 27.7 Å². The van der Waals surface area contributed by atoms with Crippen LogP contribution in [-0.4, -0.2) is 80.9 Å². The number of rotatable bonds is 4. The van der Waals surface area contributed by atoms with E-state index >= 15 is 0 Å². The summed E-state index contributed by atoms with van der Waals surface area (Å²) in [6.45, 7) is 13.8. The monoisotopic (exact) mass is 300 g/mol. The normalized spacial score (nSPS) is 11.9. The van der Waals surface area contributed by atoms with Gasteiger partial charge in [-0.3, -0.25) is 8.42 Å². The van der Waals surface area contributed by atoms with E-state index in [0.29, 0.717) is 0 Å². The van der Waals surface area contributed by atoms with Crippen molar-refractivity contribution in [3.8, 4) is 0 Å². The molecule has 0 saturated carbocycles. The molecule has 0 aliphatic rings. The summed E-state index contributed by atoms with van der Waals surface area (Å²) in [5.74, 6) is 0. The lowest BCUT2D eigenvalue weighted by molar-refractivity contribution is -0.886. The molecular weight excluding hydrogens is 268 g/mol. The van der Waals surface area contributed by atoms with E-state index in [4.69, 9.17) is 17.5 Å². The summed E-state index contributed by atoms with van der Waals surface area (Å²) in [6.07, 6.45) is 0. The highest BCUT2D eigenvalue weighted by Gasteiger charge is 2.05. The molecule has 0 rings (SSSR count). The van der Waals surface area contributed by atoms with Gasteiger partial charge in [0.1, 0.15) is 0 Å². The molecule has 0 radical (unpaired) electrons. The Bertz CT molecular complexity index is 265. The van der Waals surface area contributed by atoms with Crippen LogP contribution in [0.15, 0.2) is 0 Å². The van der Waals surface area contributed by atoms with Crippen LogP contribution in [0.5, 0.6) is 0 Å². The van der Waals surface area contributed by atoms with Gasteiger partial charge < -0.3 is 18.1 Å². The number of quaternary nitrogens is 2. The third kappa shape index (κ3) is 31.9. The molecule has 0 heterocycles. The summed E-state index contributed by atoms with van der Waals surface area (Å²) in [7, 11) is 3.78. The molecule has 0 atom stereocenters. The summed E-state index contributed by atoms with van der Waals surface area (Å²) in [5, 5.41) is 0. The molecule has 19 heavy (non-hydrogen) atoms. The third-order valence-corrected chi connectivity index (χ3v) is 3.42. The molecule has 0 aromatic rings. The molecule has 0 aromatic carbocycles. The highest BCUT2D eigenvalue weighted by Crippen LogP contribution is 1.92. The van der Waals surface area contributed by atoms with Crippen LogP contribution in [0.1, 0.15) is 27.7 Å². The van der Waals surface area contributed by atoms with Gasteiger partial charge in [0, 0.05) is 10.4 Å². The van der Waals surface area contributed by atoms with Crippen molar-refractivity contribution in [1.82, 2.24) is 0 Å². The van der Waals surface area contributed by atoms with E-state index in [2.05, 4.69) is 55.9 Å². The first-order valence-corrected chi connectivity index (χ1v) is 7.88. The van der Waals surface area contributed by atoms with Crippen LogP contribution in [-0.2, 0) is 10.4 Å². The van der Waals surface area contributed by atoms with Crippen LogP contribution in [0.2, 0.25) is 0 Å². The van der Waals surface area contributed by atoms with Gasteiger partial charge in [0.15, 0.2) is 0 Å². The second kappa shape index (κ2) is 10.6. The van der Waals surface area contributed by atoms with E-state index < -0.39 is 10.4 Å². The Hall–Kier alpha value is -0.210. The van der Waals surface area contributed by atoms with E-state index in [1.807, 2.05) is 0 Å². The third-order valence-electron chi connectivity index (χ3n) is 3.42. The van der Waals surface area contributed by atoms with Gasteiger partial charge in [0.2, 0.25) is 0 Å². The van der Waals surface area contributed by atoms with Crippen LogP contribution in [0, 0.1) is 0 Å². The fourth-order valence-corrected chi connectivity index (χ4v) is 0.447. The lowest BCUT2D eigenvalue weighted by atomic mass is 10.5. The minimum Gasteiger partial charge on any atom is -0.759 e. The van der Waals surface area contributed by atoms with E-state index in [-0.39, 0.29) is 0 Å². The van der Waals surface area contributed by atoms with Crippen molar-refractivity contribution < 1.29 is 26.5 Å². The van der Waals surface area contributed by atoms with Crippen molar-refractivity contribution in [3.05, 3.63) is 0 Å². The Morgan fingerprint density at radius 3 is 0.789 bits per heavy atom. The van der Waals surface area contributed by atoms with Gasteiger partial charge in [-0.25, -0.2) is 0 Å². The van der Waals surface area contributed by atoms with Crippen LogP contribution in [0.3, 0.4) is 0 Å². The first-order valence-electron chi connectivity index (χ1n) is 6.55. The van der Waals surface area contributed by atoms with E-state index in [9.17, 15) is 0 Å². The molecule has 0 unspecified atom stereocenters. The van der Waals surface area contributed by atoms with Gasteiger partial charge in [-0.1, -0.05) is 0 Å². The predicted octanol–water partition coefficient (Wildman–Crippen LogP) is 0.867. The molecule has 120 valence electrons. The molecule has 0 fully saturated rings. The van der Waals surface area contributed by atoms with Crippen LogP contribution >= 0.6 is 0 Å². The van der Waals surface area contributed by atoms with E-state index in [1.165, 1.54) is 26.2 Å². The van der Waals surface area contributed by atoms with Gasteiger partial charge in [-0.15, -0.1) is 0 Å².